The first kappa shape index (κ1) is 25.6. The summed E-state index contributed by atoms with van der Waals surface area (Å²) in [5, 5.41) is 2.96. The van der Waals surface area contributed by atoms with Crippen LogP contribution in [0.5, 0.6) is 5.75 Å². The molecule has 0 saturated carbocycles. The fraction of sp³-hybridized carbons (Fsp3) is 0.267. The van der Waals surface area contributed by atoms with Gasteiger partial charge < -0.3 is 14.8 Å². The summed E-state index contributed by atoms with van der Waals surface area (Å²) in [6, 6.07) is 20.6. The molecule has 0 radical (unpaired) electrons. The van der Waals surface area contributed by atoms with Gasteiger partial charge in [0.1, 0.15) is 5.82 Å². The second-order valence-electron chi connectivity index (χ2n) is 9.25. The number of amides is 2. The number of rotatable bonds is 8. The first-order chi connectivity index (χ1) is 18.6. The maximum absolute atomic E-state index is 14.4. The Kier molecular flexibility index (Phi) is 8.11. The number of carbonyl (C=O) groups excluding carboxylic acids is 2. The number of carbonyl (C=O) groups is 2. The van der Waals surface area contributed by atoms with Crippen molar-refractivity contribution in [1.29, 1.82) is 0 Å². The van der Waals surface area contributed by atoms with Crippen molar-refractivity contribution < 1.29 is 23.5 Å². The van der Waals surface area contributed by atoms with Gasteiger partial charge in [-0.05, 0) is 54.9 Å². The number of hydrogen-bond acceptors (Lipinski definition) is 5. The Morgan fingerprint density at radius 2 is 1.71 bits per heavy atom. The van der Waals surface area contributed by atoms with Gasteiger partial charge >= 0.3 is 0 Å². The lowest BCUT2D eigenvalue weighted by molar-refractivity contribution is -0.117. The average Bonchev–Trinajstić information content (AvgIpc) is 2.95. The van der Waals surface area contributed by atoms with Gasteiger partial charge in [0, 0.05) is 30.8 Å². The van der Waals surface area contributed by atoms with Gasteiger partial charge in [0.25, 0.3) is 11.8 Å². The van der Waals surface area contributed by atoms with E-state index >= 15 is 0 Å². The summed E-state index contributed by atoms with van der Waals surface area (Å²) in [5.74, 6) is -0.233. The predicted molar refractivity (Wildman–Crippen MR) is 143 cm³/mol. The number of hydrogen-bond donors (Lipinski definition) is 1. The molecule has 1 saturated heterocycles. The van der Waals surface area contributed by atoms with Crippen molar-refractivity contribution in [2.45, 2.75) is 13.0 Å². The molecule has 0 unspecified atom stereocenters. The van der Waals surface area contributed by atoms with Crippen LogP contribution in [0, 0.1) is 5.82 Å². The molecule has 2 aliphatic rings. The first-order valence-corrected chi connectivity index (χ1v) is 12.8. The largest absolute Gasteiger partial charge is 0.449 e. The number of nitrogens with zero attached hydrogens (tertiary/aromatic N) is 2. The van der Waals surface area contributed by atoms with Crippen molar-refractivity contribution in [2.24, 2.45) is 0 Å². The Morgan fingerprint density at radius 1 is 0.974 bits per heavy atom. The van der Waals surface area contributed by atoms with E-state index in [2.05, 4.69) is 10.2 Å². The molecule has 0 atom stereocenters. The minimum absolute atomic E-state index is 0.0772. The van der Waals surface area contributed by atoms with E-state index in [9.17, 15) is 14.0 Å². The molecule has 0 spiro atoms. The van der Waals surface area contributed by atoms with Crippen LogP contribution in [0.25, 0.3) is 6.08 Å². The SMILES string of the molecule is O=C(NCCCN1CCOCC1)c1ccc(/C=C2\Oc3ccccc3N(Cc3ccccc3F)C2=O)cc1. The second kappa shape index (κ2) is 12.0. The van der Waals surface area contributed by atoms with Gasteiger partial charge in [-0.3, -0.25) is 19.4 Å². The van der Waals surface area contributed by atoms with Gasteiger partial charge in [0.05, 0.1) is 25.4 Å². The molecule has 1 fully saturated rings. The molecule has 8 heteroatoms. The van der Waals surface area contributed by atoms with Crippen LogP contribution >= 0.6 is 0 Å². The predicted octanol–water partition coefficient (Wildman–Crippen LogP) is 4.24. The lowest BCUT2D eigenvalue weighted by Gasteiger charge is -2.30. The van der Waals surface area contributed by atoms with Gasteiger partial charge in [0.15, 0.2) is 11.5 Å². The Hall–Kier alpha value is -4.01. The Bertz CT molecular complexity index is 1320. The highest BCUT2D eigenvalue weighted by Gasteiger charge is 2.30. The summed E-state index contributed by atoms with van der Waals surface area (Å²) >= 11 is 0. The Morgan fingerprint density at radius 3 is 2.50 bits per heavy atom. The third-order valence-corrected chi connectivity index (χ3v) is 6.63. The monoisotopic (exact) mass is 515 g/mol. The van der Waals surface area contributed by atoms with Crippen LogP contribution in [0.4, 0.5) is 10.1 Å². The lowest BCUT2D eigenvalue weighted by atomic mass is 10.1. The maximum atomic E-state index is 14.4. The highest BCUT2D eigenvalue weighted by molar-refractivity contribution is 6.09. The summed E-state index contributed by atoms with van der Waals surface area (Å²) in [6.07, 6.45) is 2.51. The van der Waals surface area contributed by atoms with E-state index in [4.69, 9.17) is 9.47 Å². The number of ether oxygens (including phenoxy) is 2. The average molecular weight is 516 g/mol. The van der Waals surface area contributed by atoms with Crippen molar-refractivity contribution >= 4 is 23.6 Å². The smallest absolute Gasteiger partial charge is 0.294 e. The fourth-order valence-electron chi connectivity index (χ4n) is 4.53. The van der Waals surface area contributed by atoms with Crippen LogP contribution in [0.15, 0.2) is 78.6 Å². The molecular weight excluding hydrogens is 485 g/mol. The number of fused-ring (bicyclic) bond motifs is 1. The number of benzene rings is 3. The molecule has 2 amide bonds. The molecule has 3 aromatic rings. The van der Waals surface area contributed by atoms with Crippen molar-refractivity contribution in [3.63, 3.8) is 0 Å². The van der Waals surface area contributed by atoms with Crippen LogP contribution in [-0.2, 0) is 16.1 Å². The summed E-state index contributed by atoms with van der Waals surface area (Å²) in [4.78, 5) is 29.8. The number of morpholine rings is 1. The third-order valence-electron chi connectivity index (χ3n) is 6.63. The lowest BCUT2D eigenvalue weighted by Crippen LogP contribution is -2.38. The van der Waals surface area contributed by atoms with Crippen LogP contribution in [-0.4, -0.2) is 56.1 Å². The van der Waals surface area contributed by atoms with E-state index in [1.807, 2.05) is 12.1 Å². The van der Waals surface area contributed by atoms with E-state index in [-0.39, 0.29) is 29.9 Å². The zero-order chi connectivity index (χ0) is 26.3. The van der Waals surface area contributed by atoms with Gasteiger partial charge in [-0.2, -0.15) is 0 Å². The van der Waals surface area contributed by atoms with E-state index in [0.717, 1.165) is 39.3 Å². The number of halogens is 1. The van der Waals surface area contributed by atoms with Crippen molar-refractivity contribution in [3.8, 4) is 5.75 Å². The molecule has 7 nitrogen and oxygen atoms in total. The molecule has 196 valence electrons. The number of anilines is 1. The van der Waals surface area contributed by atoms with Crippen LogP contribution in [0.2, 0.25) is 0 Å². The number of nitrogens with one attached hydrogen (secondary N) is 1. The summed E-state index contributed by atoms with van der Waals surface area (Å²) < 4.78 is 25.6. The first-order valence-electron chi connectivity index (χ1n) is 12.8. The van der Waals surface area contributed by atoms with Crippen molar-refractivity contribution in [3.05, 3.63) is 101 Å². The van der Waals surface area contributed by atoms with Gasteiger partial charge in [-0.15, -0.1) is 0 Å². The molecule has 3 aromatic carbocycles. The van der Waals surface area contributed by atoms with Gasteiger partial charge in [-0.1, -0.05) is 42.5 Å². The minimum Gasteiger partial charge on any atom is -0.449 e. The zero-order valence-corrected chi connectivity index (χ0v) is 21.1. The molecule has 5 rings (SSSR count). The standard InChI is InChI=1S/C30H30FN3O4/c31-25-7-2-1-6-24(25)21-34-26-8-3-4-9-27(26)38-28(30(34)36)20-22-10-12-23(13-11-22)29(35)32-14-5-15-33-16-18-37-19-17-33/h1-4,6-13,20H,5,14-19,21H2,(H,32,35)/b28-20-. The van der Waals surface area contributed by atoms with Crippen LogP contribution < -0.4 is 15.0 Å². The minimum atomic E-state index is -0.371. The third kappa shape index (κ3) is 6.10. The van der Waals surface area contributed by atoms with E-state index < -0.39 is 0 Å². The summed E-state index contributed by atoms with van der Waals surface area (Å²) in [6.45, 7) is 5.01. The number of para-hydroxylation sites is 2. The Labute approximate surface area is 221 Å². The van der Waals surface area contributed by atoms with Crippen LogP contribution in [0.1, 0.15) is 27.9 Å². The maximum Gasteiger partial charge on any atom is 0.294 e. The topological polar surface area (TPSA) is 71.1 Å². The molecule has 1 N–H and O–H groups in total. The highest BCUT2D eigenvalue weighted by Crippen LogP contribution is 2.36. The molecule has 0 aliphatic carbocycles. The van der Waals surface area contributed by atoms with Gasteiger partial charge in [-0.25, -0.2) is 4.39 Å². The zero-order valence-electron chi connectivity index (χ0n) is 21.1. The fourth-order valence-corrected chi connectivity index (χ4v) is 4.53. The molecule has 2 heterocycles. The highest BCUT2D eigenvalue weighted by atomic mass is 19.1. The molecule has 0 aromatic heterocycles. The Balaban J connectivity index is 1.24. The normalized spacial score (nSPS) is 16.7. The van der Waals surface area contributed by atoms with Crippen molar-refractivity contribution in [2.75, 3.05) is 44.3 Å². The summed E-state index contributed by atoms with van der Waals surface area (Å²) in [5.41, 5.74) is 2.25. The summed E-state index contributed by atoms with van der Waals surface area (Å²) in [7, 11) is 0. The quantitative estimate of drug-likeness (QED) is 0.359. The van der Waals surface area contributed by atoms with Crippen LogP contribution in [0.3, 0.4) is 0 Å². The molecule has 38 heavy (non-hydrogen) atoms. The molecule has 0 bridgehead atoms. The van der Waals surface area contributed by atoms with Gasteiger partial charge in [0.2, 0.25) is 0 Å². The van der Waals surface area contributed by atoms with Crippen molar-refractivity contribution in [1.82, 2.24) is 10.2 Å². The second-order valence-corrected chi connectivity index (χ2v) is 9.25. The molecular formula is C30H30FN3O4. The van der Waals surface area contributed by atoms with E-state index in [1.54, 1.807) is 60.7 Å². The van der Waals surface area contributed by atoms with E-state index in [0.29, 0.717) is 34.7 Å². The molecule has 2 aliphatic heterocycles. The van der Waals surface area contributed by atoms with E-state index in [1.165, 1.54) is 11.0 Å².